The number of nitrogens with one attached hydrogen (secondary N) is 1. The summed E-state index contributed by atoms with van der Waals surface area (Å²) >= 11 is 2.24. The van der Waals surface area contributed by atoms with Gasteiger partial charge in [-0.15, -0.1) is 0 Å². The van der Waals surface area contributed by atoms with Crippen molar-refractivity contribution < 1.29 is 0 Å². The summed E-state index contributed by atoms with van der Waals surface area (Å²) in [6.07, 6.45) is 0. The summed E-state index contributed by atoms with van der Waals surface area (Å²) in [5.74, 6) is 0. The van der Waals surface area contributed by atoms with Gasteiger partial charge in [0.05, 0.1) is 5.54 Å². The lowest BCUT2D eigenvalue weighted by Crippen LogP contribution is -2.59. The summed E-state index contributed by atoms with van der Waals surface area (Å²) in [4.78, 5) is 2.78. The second-order valence-electron chi connectivity index (χ2n) is 2.15. The molecule has 1 saturated heterocycles. The van der Waals surface area contributed by atoms with Crippen molar-refractivity contribution in [3.8, 4) is 0 Å². The van der Waals surface area contributed by atoms with E-state index in [1.54, 1.807) is 0 Å². The highest BCUT2D eigenvalue weighted by Crippen LogP contribution is 2.19. The third kappa shape index (κ3) is 1.28. The van der Waals surface area contributed by atoms with Gasteiger partial charge in [-0.25, -0.2) is 0 Å². The summed E-state index contributed by atoms with van der Waals surface area (Å²) < 4.78 is 0.905. The van der Waals surface area contributed by atoms with E-state index in [2.05, 4.69) is 37.9 Å². The molecule has 0 atom stereocenters. The summed E-state index contributed by atoms with van der Waals surface area (Å²) in [5, 5.41) is 6.76. The van der Waals surface area contributed by atoms with E-state index in [0.717, 1.165) is 17.5 Å². The molecule has 1 heterocycles. The number of nitrogens with zero attached hydrogens (tertiary/aromatic N) is 3. The van der Waals surface area contributed by atoms with Crippen molar-refractivity contribution in [1.29, 1.82) is 0 Å². The molecule has 9 heavy (non-hydrogen) atoms. The van der Waals surface area contributed by atoms with Gasteiger partial charge in [-0.3, -0.25) is 0 Å². The Kier molecular flexibility index (Phi) is 2.15. The second kappa shape index (κ2) is 2.72. The van der Waals surface area contributed by atoms with Crippen molar-refractivity contribution >= 4 is 22.6 Å². The van der Waals surface area contributed by atoms with E-state index in [0.29, 0.717) is 0 Å². The van der Waals surface area contributed by atoms with E-state index >= 15 is 0 Å². The van der Waals surface area contributed by atoms with E-state index in [9.17, 15) is 0 Å². The fourth-order valence-electron chi connectivity index (χ4n) is 0.700. The first kappa shape index (κ1) is 7.11. The second-order valence-corrected chi connectivity index (χ2v) is 2.91. The highest BCUT2D eigenvalue weighted by Gasteiger charge is 2.34. The average Bonchev–Trinajstić information content (AvgIpc) is 1.79. The van der Waals surface area contributed by atoms with Crippen LogP contribution < -0.4 is 5.32 Å². The zero-order valence-electron chi connectivity index (χ0n) is 4.84. The number of hydrogen-bond acceptors (Lipinski definition) is 2. The number of hydrogen-bond donors (Lipinski definition) is 1. The topological polar surface area (TPSA) is 60.8 Å². The van der Waals surface area contributed by atoms with Crippen LogP contribution in [-0.2, 0) is 0 Å². The Morgan fingerprint density at radius 2 is 2.44 bits per heavy atom. The maximum absolute atomic E-state index is 8.13. The predicted molar refractivity (Wildman–Crippen MR) is 43.6 cm³/mol. The molecule has 1 N–H and O–H groups in total. The summed E-state index contributed by atoms with van der Waals surface area (Å²) in [6.45, 7) is 1.67. The SMILES string of the molecule is [N-]=[N+]=NC1(CI)CNC1. The molecule has 0 aliphatic carbocycles. The number of rotatable bonds is 2. The molecule has 0 aromatic carbocycles. The number of azide groups is 1. The van der Waals surface area contributed by atoms with Gasteiger partial charge >= 0.3 is 0 Å². The first-order chi connectivity index (χ1) is 4.33. The zero-order valence-corrected chi connectivity index (χ0v) is 7.00. The quantitative estimate of drug-likeness (QED) is 0.252. The Labute approximate surface area is 66.8 Å². The largest absolute Gasteiger partial charge is 0.315 e. The molecule has 50 valence electrons. The molecule has 0 unspecified atom stereocenters. The van der Waals surface area contributed by atoms with Crippen molar-refractivity contribution in [3.05, 3.63) is 10.4 Å². The van der Waals surface area contributed by atoms with Crippen molar-refractivity contribution in [1.82, 2.24) is 5.32 Å². The Morgan fingerprint density at radius 1 is 1.78 bits per heavy atom. The summed E-state index contributed by atoms with van der Waals surface area (Å²) in [7, 11) is 0. The van der Waals surface area contributed by atoms with E-state index < -0.39 is 0 Å². The minimum atomic E-state index is -0.102. The summed E-state index contributed by atoms with van der Waals surface area (Å²) in [5.41, 5.74) is 8.02. The lowest BCUT2D eigenvalue weighted by molar-refractivity contribution is 0.319. The first-order valence-electron chi connectivity index (χ1n) is 2.66. The van der Waals surface area contributed by atoms with Gasteiger partial charge in [-0.2, -0.15) is 0 Å². The fraction of sp³-hybridized carbons (Fsp3) is 1.00. The molecule has 0 bridgehead atoms. The zero-order chi connectivity index (χ0) is 6.74. The molecular weight excluding hydrogens is 231 g/mol. The van der Waals surface area contributed by atoms with Gasteiger partial charge < -0.3 is 5.32 Å². The van der Waals surface area contributed by atoms with Crippen molar-refractivity contribution in [2.75, 3.05) is 17.5 Å². The molecule has 0 spiro atoms. The first-order valence-corrected chi connectivity index (χ1v) is 4.18. The maximum Gasteiger partial charge on any atom is 0.0825 e. The van der Waals surface area contributed by atoms with Crippen LogP contribution in [0.1, 0.15) is 0 Å². The Bertz CT molecular complexity index is 141. The molecule has 0 amide bonds. The van der Waals surface area contributed by atoms with Crippen molar-refractivity contribution in [3.63, 3.8) is 0 Å². The molecule has 5 heteroatoms. The molecule has 1 fully saturated rings. The lowest BCUT2D eigenvalue weighted by Gasteiger charge is -2.36. The van der Waals surface area contributed by atoms with Crippen LogP contribution in [0.2, 0.25) is 0 Å². The highest BCUT2D eigenvalue weighted by molar-refractivity contribution is 14.1. The van der Waals surface area contributed by atoms with Crippen LogP contribution in [0.4, 0.5) is 0 Å². The van der Waals surface area contributed by atoms with Crippen LogP contribution in [0, 0.1) is 0 Å². The van der Waals surface area contributed by atoms with Crippen molar-refractivity contribution in [2.24, 2.45) is 5.11 Å². The standard InChI is InChI=1S/C4H7IN4/c5-1-4(8-9-6)2-7-3-4/h7H,1-3H2. The van der Waals surface area contributed by atoms with Gasteiger partial charge in [0.2, 0.25) is 0 Å². The lowest BCUT2D eigenvalue weighted by atomic mass is 9.97. The predicted octanol–water partition coefficient (Wildman–Crippen LogP) is 1.07. The van der Waals surface area contributed by atoms with E-state index in [1.807, 2.05) is 0 Å². The van der Waals surface area contributed by atoms with Crippen LogP contribution >= 0.6 is 22.6 Å². The maximum atomic E-state index is 8.13. The van der Waals surface area contributed by atoms with Crippen molar-refractivity contribution in [2.45, 2.75) is 5.54 Å². The van der Waals surface area contributed by atoms with Crippen LogP contribution in [0.3, 0.4) is 0 Å². The molecule has 1 aliphatic heterocycles. The number of alkyl halides is 1. The molecular formula is C4H7IN4. The summed E-state index contributed by atoms with van der Waals surface area (Å²) in [6, 6.07) is 0. The van der Waals surface area contributed by atoms with Gasteiger partial charge in [-0.1, -0.05) is 27.7 Å². The minimum absolute atomic E-state index is 0.102. The molecule has 1 aliphatic rings. The Balaban J connectivity index is 2.56. The smallest absolute Gasteiger partial charge is 0.0825 e. The molecule has 1 rings (SSSR count). The highest BCUT2D eigenvalue weighted by atomic mass is 127. The molecule has 0 radical (unpaired) electrons. The van der Waals surface area contributed by atoms with E-state index in [-0.39, 0.29) is 5.54 Å². The van der Waals surface area contributed by atoms with Crippen LogP contribution in [-0.4, -0.2) is 23.1 Å². The molecule has 0 saturated carbocycles. The van der Waals surface area contributed by atoms with Gasteiger partial charge in [-0.05, 0) is 5.53 Å². The van der Waals surface area contributed by atoms with Crippen LogP contribution in [0.25, 0.3) is 10.4 Å². The third-order valence-corrected chi connectivity index (χ3v) is 2.83. The molecule has 4 nitrogen and oxygen atoms in total. The third-order valence-electron chi connectivity index (χ3n) is 1.41. The van der Waals surface area contributed by atoms with Gasteiger partial charge in [0.1, 0.15) is 0 Å². The monoisotopic (exact) mass is 238 g/mol. The van der Waals surface area contributed by atoms with Gasteiger partial charge in [0, 0.05) is 22.4 Å². The Morgan fingerprint density at radius 3 is 2.56 bits per heavy atom. The molecule has 0 aromatic heterocycles. The Hall–Kier alpha value is 0.0000000000000000347. The average molecular weight is 238 g/mol. The normalized spacial score (nSPS) is 21.9. The van der Waals surface area contributed by atoms with Crippen LogP contribution in [0.15, 0.2) is 5.11 Å². The van der Waals surface area contributed by atoms with Gasteiger partial charge in [0.25, 0.3) is 0 Å². The number of halogens is 1. The van der Waals surface area contributed by atoms with E-state index in [1.165, 1.54) is 0 Å². The van der Waals surface area contributed by atoms with Gasteiger partial charge in [0.15, 0.2) is 0 Å². The van der Waals surface area contributed by atoms with E-state index in [4.69, 9.17) is 5.53 Å². The fourth-order valence-corrected chi connectivity index (χ4v) is 1.39. The molecule has 0 aromatic rings. The minimum Gasteiger partial charge on any atom is -0.315 e. The van der Waals surface area contributed by atoms with Crippen LogP contribution in [0.5, 0.6) is 0 Å².